The van der Waals surface area contributed by atoms with Gasteiger partial charge in [0.1, 0.15) is 5.54 Å². The highest BCUT2D eigenvalue weighted by Crippen LogP contribution is 2.06. The second-order valence-corrected chi connectivity index (χ2v) is 4.23. The average molecular weight is 202 g/mol. The number of esters is 1. The Kier molecular flexibility index (Phi) is 4.53. The van der Waals surface area contributed by atoms with E-state index in [1.807, 2.05) is 20.8 Å². The smallest absolute Gasteiger partial charge is 0.303 e. The summed E-state index contributed by atoms with van der Waals surface area (Å²) in [4.78, 5) is 11.1. The van der Waals surface area contributed by atoms with Crippen LogP contribution in [0.25, 0.3) is 0 Å². The first kappa shape index (κ1) is 12.9. The van der Waals surface area contributed by atoms with Crippen LogP contribution >= 0.6 is 0 Å². The van der Waals surface area contributed by atoms with Crippen molar-refractivity contribution in [3.63, 3.8) is 0 Å². The molecule has 0 rings (SSSR count). The summed E-state index contributed by atoms with van der Waals surface area (Å²) in [5.41, 5.74) is -0.405. The highest BCUT2D eigenvalue weighted by Gasteiger charge is 2.16. The SMILES string of the molecule is CC(=O)OC(C)C/[N+]([O-])=N/C(C)(C)C. The average Bonchev–Trinajstić information content (AvgIpc) is 1.77. The van der Waals surface area contributed by atoms with E-state index in [0.29, 0.717) is 4.86 Å². The molecule has 0 aromatic carbocycles. The number of rotatable bonds is 3. The molecule has 82 valence electrons. The topological polar surface area (TPSA) is 64.7 Å². The Bertz CT molecular complexity index is 231. The molecule has 0 fully saturated rings. The monoisotopic (exact) mass is 202 g/mol. The molecule has 0 N–H and O–H groups in total. The number of hydrogen-bond acceptors (Lipinski definition) is 4. The summed E-state index contributed by atoms with van der Waals surface area (Å²) in [7, 11) is 0. The van der Waals surface area contributed by atoms with Gasteiger partial charge in [-0.3, -0.25) is 4.79 Å². The highest BCUT2D eigenvalue weighted by atomic mass is 16.6. The molecule has 0 spiro atoms. The van der Waals surface area contributed by atoms with Crippen LogP contribution in [-0.2, 0) is 9.53 Å². The zero-order valence-electron chi connectivity index (χ0n) is 9.40. The van der Waals surface area contributed by atoms with Gasteiger partial charge in [0.25, 0.3) is 0 Å². The molecule has 0 saturated carbocycles. The first-order valence-electron chi connectivity index (χ1n) is 4.55. The third-order valence-corrected chi connectivity index (χ3v) is 1.19. The van der Waals surface area contributed by atoms with E-state index >= 15 is 0 Å². The first-order valence-corrected chi connectivity index (χ1v) is 4.55. The molecular formula is C9H18N2O3. The lowest BCUT2D eigenvalue weighted by Gasteiger charge is -2.13. The molecule has 0 bridgehead atoms. The molecule has 14 heavy (non-hydrogen) atoms. The number of ether oxygens (including phenoxy) is 1. The molecule has 0 heterocycles. The summed E-state index contributed by atoms with van der Waals surface area (Å²) in [6.45, 7) is 8.52. The zero-order chi connectivity index (χ0) is 11.4. The zero-order valence-corrected chi connectivity index (χ0v) is 9.40. The normalized spacial score (nSPS) is 15.1. The Morgan fingerprint density at radius 2 is 2.07 bits per heavy atom. The van der Waals surface area contributed by atoms with Crippen LogP contribution in [0.3, 0.4) is 0 Å². The molecule has 0 aliphatic carbocycles. The van der Waals surface area contributed by atoms with Gasteiger partial charge in [-0.05, 0) is 32.8 Å². The van der Waals surface area contributed by atoms with Crippen LogP contribution in [0.5, 0.6) is 0 Å². The van der Waals surface area contributed by atoms with Crippen LogP contribution in [0.15, 0.2) is 5.11 Å². The van der Waals surface area contributed by atoms with E-state index in [2.05, 4.69) is 5.11 Å². The minimum absolute atomic E-state index is 0.0663. The van der Waals surface area contributed by atoms with Gasteiger partial charge >= 0.3 is 5.97 Å². The van der Waals surface area contributed by atoms with E-state index in [-0.39, 0.29) is 12.5 Å². The van der Waals surface area contributed by atoms with Crippen LogP contribution in [-0.4, -0.2) is 29.0 Å². The lowest BCUT2D eigenvalue weighted by Crippen LogP contribution is -2.25. The van der Waals surface area contributed by atoms with Gasteiger partial charge in [0.2, 0.25) is 6.54 Å². The summed E-state index contributed by atoms with van der Waals surface area (Å²) in [5, 5.41) is 15.1. The van der Waals surface area contributed by atoms with Crippen molar-refractivity contribution in [2.24, 2.45) is 5.11 Å². The van der Waals surface area contributed by atoms with E-state index in [4.69, 9.17) is 4.74 Å². The fourth-order valence-corrected chi connectivity index (χ4v) is 0.916. The fourth-order valence-electron chi connectivity index (χ4n) is 0.916. The Morgan fingerprint density at radius 3 is 2.43 bits per heavy atom. The van der Waals surface area contributed by atoms with Crippen molar-refractivity contribution in [3.8, 4) is 0 Å². The van der Waals surface area contributed by atoms with Crippen LogP contribution in [0, 0.1) is 5.21 Å². The van der Waals surface area contributed by atoms with Crippen LogP contribution in [0.1, 0.15) is 34.6 Å². The van der Waals surface area contributed by atoms with Crippen molar-refractivity contribution in [1.29, 1.82) is 0 Å². The predicted octanol–water partition coefficient (Wildman–Crippen LogP) is 1.70. The predicted molar refractivity (Wildman–Crippen MR) is 51.9 cm³/mol. The number of azo groups is 1. The van der Waals surface area contributed by atoms with Gasteiger partial charge in [-0.25, -0.2) is 0 Å². The minimum atomic E-state index is -0.434. The number of carbonyl (C=O) groups excluding carboxylic acids is 1. The maximum absolute atomic E-state index is 11.2. The first-order chi connectivity index (χ1) is 6.20. The lowest BCUT2D eigenvalue weighted by molar-refractivity contribution is -0.543. The minimum Gasteiger partial charge on any atom is -0.600 e. The quantitative estimate of drug-likeness (QED) is 0.303. The van der Waals surface area contributed by atoms with E-state index in [0.717, 1.165) is 0 Å². The molecule has 5 nitrogen and oxygen atoms in total. The van der Waals surface area contributed by atoms with E-state index < -0.39 is 11.6 Å². The summed E-state index contributed by atoms with van der Waals surface area (Å²) in [5.74, 6) is -0.387. The Morgan fingerprint density at radius 1 is 1.57 bits per heavy atom. The second kappa shape index (κ2) is 4.93. The lowest BCUT2D eigenvalue weighted by atomic mass is 10.1. The molecule has 0 aliphatic rings. The van der Waals surface area contributed by atoms with Crippen molar-refractivity contribution in [1.82, 2.24) is 0 Å². The van der Waals surface area contributed by atoms with E-state index in [1.165, 1.54) is 6.92 Å². The van der Waals surface area contributed by atoms with Gasteiger partial charge in [0.05, 0.1) is 0 Å². The summed E-state index contributed by atoms with van der Waals surface area (Å²) >= 11 is 0. The van der Waals surface area contributed by atoms with Gasteiger partial charge in [0.15, 0.2) is 6.10 Å². The van der Waals surface area contributed by atoms with Gasteiger partial charge < -0.3 is 9.94 Å². The van der Waals surface area contributed by atoms with Crippen molar-refractivity contribution in [2.75, 3.05) is 6.54 Å². The Balaban J connectivity index is 4.12. The third-order valence-electron chi connectivity index (χ3n) is 1.19. The van der Waals surface area contributed by atoms with Crippen LogP contribution < -0.4 is 0 Å². The number of nitrogens with zero attached hydrogens (tertiary/aromatic N) is 2. The molecule has 0 amide bonds. The van der Waals surface area contributed by atoms with Crippen LogP contribution in [0.2, 0.25) is 0 Å². The van der Waals surface area contributed by atoms with E-state index in [1.54, 1.807) is 6.92 Å². The molecule has 0 aliphatic heterocycles. The largest absolute Gasteiger partial charge is 0.600 e. The maximum atomic E-state index is 11.2. The molecule has 5 heteroatoms. The Labute approximate surface area is 84.3 Å². The number of hydrogen-bond donors (Lipinski definition) is 0. The molecular weight excluding hydrogens is 184 g/mol. The van der Waals surface area contributed by atoms with Gasteiger partial charge in [-0.15, -0.1) is 0 Å². The van der Waals surface area contributed by atoms with Crippen molar-refractivity contribution < 1.29 is 14.4 Å². The van der Waals surface area contributed by atoms with Gasteiger partial charge in [-0.2, -0.15) is 0 Å². The fraction of sp³-hybridized carbons (Fsp3) is 0.889. The van der Waals surface area contributed by atoms with Gasteiger partial charge in [0, 0.05) is 6.92 Å². The standard InChI is InChI=1S/C9H18N2O3/c1-7(14-8(2)12)6-11(13)10-9(3,4)5/h7H,6H2,1-5H3/b11-10-. The molecule has 1 atom stereocenters. The molecule has 0 radical (unpaired) electrons. The molecule has 1 unspecified atom stereocenters. The molecule has 0 saturated heterocycles. The molecule has 0 aromatic heterocycles. The summed E-state index contributed by atoms with van der Waals surface area (Å²) < 4.78 is 4.79. The van der Waals surface area contributed by atoms with E-state index in [9.17, 15) is 10.0 Å². The second-order valence-electron chi connectivity index (χ2n) is 4.23. The summed E-state index contributed by atoms with van der Waals surface area (Å²) in [6, 6.07) is 0. The van der Waals surface area contributed by atoms with Crippen molar-refractivity contribution >= 4 is 5.97 Å². The van der Waals surface area contributed by atoms with Crippen LogP contribution in [0.4, 0.5) is 0 Å². The number of carbonyl (C=O) groups is 1. The maximum Gasteiger partial charge on any atom is 0.303 e. The highest BCUT2D eigenvalue weighted by molar-refractivity contribution is 5.66. The Hall–Kier alpha value is -1.13. The third kappa shape index (κ3) is 7.52. The number of hydroxylamine groups is 1. The van der Waals surface area contributed by atoms with Crippen molar-refractivity contribution in [3.05, 3.63) is 5.21 Å². The molecule has 0 aromatic rings. The van der Waals surface area contributed by atoms with Gasteiger partial charge in [-0.1, -0.05) is 4.86 Å². The van der Waals surface area contributed by atoms with Crippen molar-refractivity contribution in [2.45, 2.75) is 46.3 Å². The summed E-state index contributed by atoms with van der Waals surface area (Å²) in [6.07, 6.45) is -0.434.